The van der Waals surface area contributed by atoms with E-state index in [1.165, 1.54) is 11.3 Å². The molecule has 0 bridgehead atoms. The highest BCUT2D eigenvalue weighted by atomic mass is 32.1. The van der Waals surface area contributed by atoms with Crippen molar-refractivity contribution in [2.45, 2.75) is 52.0 Å². The quantitative estimate of drug-likeness (QED) is 0.681. The van der Waals surface area contributed by atoms with Gasteiger partial charge in [0.05, 0.1) is 23.7 Å². The normalized spacial score (nSPS) is 13.2. The number of nitrogens with zero attached hydrogens (tertiary/aromatic N) is 3. The van der Waals surface area contributed by atoms with Crippen molar-refractivity contribution in [1.29, 1.82) is 10.5 Å². The number of rotatable bonds is 7. The van der Waals surface area contributed by atoms with Crippen LogP contribution in [-0.2, 0) is 24.2 Å². The first-order chi connectivity index (χ1) is 14.1. The third-order valence-electron chi connectivity index (χ3n) is 5.18. The standard InChI is InChI=1S/C23H26N4OS/c1-2-12-27(15-18-10-8-17(13-24)9-11-18)16-22(28)26-23-20(14-25)19-6-4-3-5-7-21(19)29-23/h8-11H,2-7,12,15-16H2,1H3,(H,26,28). The van der Waals surface area contributed by atoms with Gasteiger partial charge in [-0.25, -0.2) is 0 Å². The maximum atomic E-state index is 12.7. The monoisotopic (exact) mass is 406 g/mol. The Morgan fingerprint density at radius 2 is 1.90 bits per heavy atom. The van der Waals surface area contributed by atoms with E-state index in [4.69, 9.17) is 5.26 Å². The number of carbonyl (C=O) groups excluding carboxylic acids is 1. The molecule has 150 valence electrons. The molecule has 1 N–H and O–H groups in total. The summed E-state index contributed by atoms with van der Waals surface area (Å²) in [5, 5.41) is 22.3. The van der Waals surface area contributed by atoms with Crippen LogP contribution >= 0.6 is 11.3 Å². The number of amides is 1. The minimum Gasteiger partial charge on any atom is -0.315 e. The minimum absolute atomic E-state index is 0.0833. The lowest BCUT2D eigenvalue weighted by molar-refractivity contribution is -0.117. The predicted octanol–water partition coefficient (Wildman–Crippen LogP) is 4.61. The van der Waals surface area contributed by atoms with Gasteiger partial charge < -0.3 is 5.32 Å². The molecule has 1 aromatic carbocycles. The van der Waals surface area contributed by atoms with Crippen molar-refractivity contribution in [3.05, 3.63) is 51.4 Å². The molecule has 1 aliphatic carbocycles. The van der Waals surface area contributed by atoms with Gasteiger partial charge in [-0.15, -0.1) is 11.3 Å². The summed E-state index contributed by atoms with van der Waals surface area (Å²) in [6.07, 6.45) is 6.35. The summed E-state index contributed by atoms with van der Waals surface area (Å²) >= 11 is 1.57. The van der Waals surface area contributed by atoms with Gasteiger partial charge in [0.15, 0.2) is 0 Å². The number of hydrogen-bond acceptors (Lipinski definition) is 5. The van der Waals surface area contributed by atoms with Crippen molar-refractivity contribution in [3.8, 4) is 12.1 Å². The molecule has 0 radical (unpaired) electrons. The summed E-state index contributed by atoms with van der Waals surface area (Å²) in [5.41, 5.74) is 3.52. The summed E-state index contributed by atoms with van der Waals surface area (Å²) in [7, 11) is 0. The van der Waals surface area contributed by atoms with Gasteiger partial charge in [-0.05, 0) is 61.9 Å². The molecule has 0 fully saturated rings. The zero-order chi connectivity index (χ0) is 20.6. The van der Waals surface area contributed by atoms with Crippen LogP contribution < -0.4 is 5.32 Å². The van der Waals surface area contributed by atoms with E-state index in [0.29, 0.717) is 22.7 Å². The molecule has 1 aliphatic rings. The molecule has 3 rings (SSSR count). The maximum absolute atomic E-state index is 12.7. The van der Waals surface area contributed by atoms with Crippen LogP contribution in [0.5, 0.6) is 0 Å². The summed E-state index contributed by atoms with van der Waals surface area (Å²) in [4.78, 5) is 16.1. The second-order valence-corrected chi connectivity index (χ2v) is 8.55. The number of aryl methyl sites for hydroxylation is 1. The molecule has 0 saturated carbocycles. The molecule has 6 heteroatoms. The molecule has 5 nitrogen and oxygen atoms in total. The molecule has 0 atom stereocenters. The highest BCUT2D eigenvalue weighted by Gasteiger charge is 2.21. The Morgan fingerprint density at radius 3 is 2.59 bits per heavy atom. The van der Waals surface area contributed by atoms with Crippen LogP contribution in [0, 0.1) is 22.7 Å². The highest BCUT2D eigenvalue weighted by Crippen LogP contribution is 2.36. The molecule has 0 saturated heterocycles. The van der Waals surface area contributed by atoms with Crippen LogP contribution in [0.25, 0.3) is 0 Å². The Bertz CT molecular complexity index is 934. The zero-order valence-electron chi connectivity index (χ0n) is 16.8. The van der Waals surface area contributed by atoms with Crippen LogP contribution in [0.15, 0.2) is 24.3 Å². The topological polar surface area (TPSA) is 79.9 Å². The molecular weight excluding hydrogens is 380 g/mol. The number of benzene rings is 1. The van der Waals surface area contributed by atoms with E-state index in [0.717, 1.165) is 49.8 Å². The number of nitrogens with one attached hydrogen (secondary N) is 1. The maximum Gasteiger partial charge on any atom is 0.239 e. The van der Waals surface area contributed by atoms with Crippen LogP contribution in [0.1, 0.15) is 59.7 Å². The zero-order valence-corrected chi connectivity index (χ0v) is 17.6. The molecule has 1 heterocycles. The third-order valence-corrected chi connectivity index (χ3v) is 6.39. The Balaban J connectivity index is 1.67. The first-order valence-electron chi connectivity index (χ1n) is 10.2. The highest BCUT2D eigenvalue weighted by molar-refractivity contribution is 7.16. The van der Waals surface area contributed by atoms with Crippen molar-refractivity contribution < 1.29 is 4.79 Å². The Morgan fingerprint density at radius 1 is 1.14 bits per heavy atom. The van der Waals surface area contributed by atoms with E-state index >= 15 is 0 Å². The Kier molecular flexibility index (Phi) is 7.41. The van der Waals surface area contributed by atoms with Crippen LogP contribution in [0.2, 0.25) is 0 Å². The van der Waals surface area contributed by atoms with Crippen molar-refractivity contribution in [3.63, 3.8) is 0 Å². The molecule has 0 unspecified atom stereocenters. The Hall–Kier alpha value is -2.67. The number of nitriles is 2. The second kappa shape index (κ2) is 10.2. The summed E-state index contributed by atoms with van der Waals surface area (Å²) < 4.78 is 0. The Labute approximate surface area is 176 Å². The molecule has 0 spiro atoms. The van der Waals surface area contributed by atoms with Crippen LogP contribution in [0.4, 0.5) is 5.00 Å². The molecule has 2 aromatic rings. The van der Waals surface area contributed by atoms with E-state index in [1.807, 2.05) is 12.1 Å². The van der Waals surface area contributed by atoms with Crippen molar-refractivity contribution in [1.82, 2.24) is 4.90 Å². The third kappa shape index (κ3) is 5.44. The van der Waals surface area contributed by atoms with Gasteiger partial charge >= 0.3 is 0 Å². The summed E-state index contributed by atoms with van der Waals surface area (Å²) in [5.74, 6) is -0.0833. The lowest BCUT2D eigenvalue weighted by atomic mass is 10.1. The van der Waals surface area contributed by atoms with Crippen molar-refractivity contribution in [2.24, 2.45) is 0 Å². The number of carbonyl (C=O) groups is 1. The van der Waals surface area contributed by atoms with Crippen LogP contribution in [-0.4, -0.2) is 23.9 Å². The smallest absolute Gasteiger partial charge is 0.239 e. The fourth-order valence-electron chi connectivity index (χ4n) is 3.79. The largest absolute Gasteiger partial charge is 0.315 e. The minimum atomic E-state index is -0.0833. The average Bonchev–Trinajstić information content (AvgIpc) is 2.87. The van der Waals surface area contributed by atoms with Crippen LogP contribution in [0.3, 0.4) is 0 Å². The molecule has 29 heavy (non-hydrogen) atoms. The van der Waals surface area contributed by atoms with Gasteiger partial charge in [0.2, 0.25) is 5.91 Å². The molecule has 1 amide bonds. The van der Waals surface area contributed by atoms with Gasteiger partial charge in [0, 0.05) is 11.4 Å². The number of anilines is 1. The lowest BCUT2D eigenvalue weighted by Crippen LogP contribution is -2.33. The lowest BCUT2D eigenvalue weighted by Gasteiger charge is -2.21. The van der Waals surface area contributed by atoms with Crippen molar-refractivity contribution in [2.75, 3.05) is 18.4 Å². The first-order valence-corrected chi connectivity index (χ1v) is 11.0. The fraction of sp³-hybridized carbons (Fsp3) is 0.435. The molecule has 0 aliphatic heterocycles. The average molecular weight is 407 g/mol. The second-order valence-electron chi connectivity index (χ2n) is 7.45. The van der Waals surface area contributed by atoms with E-state index < -0.39 is 0 Å². The van der Waals surface area contributed by atoms with Crippen molar-refractivity contribution >= 4 is 22.2 Å². The number of fused-ring (bicyclic) bond motifs is 1. The fourth-order valence-corrected chi connectivity index (χ4v) is 5.05. The summed E-state index contributed by atoms with van der Waals surface area (Å²) in [6, 6.07) is 11.9. The SMILES string of the molecule is CCCN(CC(=O)Nc1sc2c(c1C#N)CCCCC2)Cc1ccc(C#N)cc1. The first kappa shape index (κ1) is 21.0. The van der Waals surface area contributed by atoms with E-state index in [1.54, 1.807) is 23.5 Å². The van der Waals surface area contributed by atoms with Gasteiger partial charge in [0.1, 0.15) is 11.1 Å². The summed E-state index contributed by atoms with van der Waals surface area (Å²) in [6.45, 7) is 3.83. The number of thiophene rings is 1. The van der Waals surface area contributed by atoms with Gasteiger partial charge in [0.25, 0.3) is 0 Å². The van der Waals surface area contributed by atoms with E-state index in [-0.39, 0.29) is 12.5 Å². The molecule has 1 aromatic heterocycles. The van der Waals surface area contributed by atoms with Gasteiger partial charge in [-0.2, -0.15) is 10.5 Å². The number of hydrogen-bond donors (Lipinski definition) is 1. The van der Waals surface area contributed by atoms with Gasteiger partial charge in [-0.1, -0.05) is 25.5 Å². The van der Waals surface area contributed by atoms with E-state index in [2.05, 4.69) is 29.3 Å². The molecular formula is C23H26N4OS. The van der Waals surface area contributed by atoms with Gasteiger partial charge in [-0.3, -0.25) is 9.69 Å². The van der Waals surface area contributed by atoms with E-state index in [9.17, 15) is 10.1 Å². The predicted molar refractivity (Wildman–Crippen MR) is 116 cm³/mol.